The molecule has 0 saturated heterocycles. The summed E-state index contributed by atoms with van der Waals surface area (Å²) >= 11 is 0. The number of nitrogens with one attached hydrogen (secondary N) is 1. The Bertz CT molecular complexity index is 615. The van der Waals surface area contributed by atoms with Crippen LogP contribution in [-0.2, 0) is 0 Å². The Morgan fingerprint density at radius 3 is 2.19 bits per heavy atom. The van der Waals surface area contributed by atoms with Crippen LogP contribution in [0, 0.1) is 11.6 Å². The van der Waals surface area contributed by atoms with E-state index in [0.29, 0.717) is 0 Å². The van der Waals surface area contributed by atoms with Crippen LogP contribution in [0.3, 0.4) is 0 Å². The summed E-state index contributed by atoms with van der Waals surface area (Å²) in [4.78, 5) is 0. The molecular weight excluding hydrogens is 272 g/mol. The van der Waals surface area contributed by atoms with Crippen LogP contribution in [0.25, 0.3) is 0 Å². The summed E-state index contributed by atoms with van der Waals surface area (Å²) in [5, 5.41) is 3.33. The van der Waals surface area contributed by atoms with Crippen molar-refractivity contribution in [1.82, 2.24) is 5.32 Å². The first-order valence-corrected chi connectivity index (χ1v) is 6.86. The molecule has 2 unspecified atom stereocenters. The summed E-state index contributed by atoms with van der Waals surface area (Å²) < 4.78 is 31.9. The summed E-state index contributed by atoms with van der Waals surface area (Å²) in [6.07, 6.45) is 0. The number of benzene rings is 2. The van der Waals surface area contributed by atoms with Crippen molar-refractivity contribution in [3.05, 3.63) is 65.2 Å². The molecule has 2 aromatic carbocycles. The quantitative estimate of drug-likeness (QED) is 0.882. The van der Waals surface area contributed by atoms with Crippen molar-refractivity contribution in [2.45, 2.75) is 25.9 Å². The van der Waals surface area contributed by atoms with Crippen LogP contribution in [0.1, 0.15) is 37.1 Å². The van der Waals surface area contributed by atoms with E-state index < -0.39 is 0 Å². The van der Waals surface area contributed by atoms with E-state index >= 15 is 0 Å². The molecule has 1 N–H and O–H groups in total. The van der Waals surface area contributed by atoms with E-state index in [2.05, 4.69) is 5.32 Å². The molecule has 0 aliphatic rings. The summed E-state index contributed by atoms with van der Waals surface area (Å²) in [6, 6.07) is 11.2. The SMILES string of the molecule is COc1ccc(C(C)NC(C)c2cccc(F)c2)cc1F. The van der Waals surface area contributed by atoms with Crippen molar-refractivity contribution in [2.24, 2.45) is 0 Å². The molecule has 0 aliphatic heterocycles. The average Bonchev–Trinajstić information content (AvgIpc) is 2.47. The number of methoxy groups -OCH3 is 1. The summed E-state index contributed by atoms with van der Waals surface area (Å²) in [5.74, 6) is -0.421. The largest absolute Gasteiger partial charge is 0.494 e. The first-order chi connectivity index (χ1) is 10.0. The molecular formula is C17H19F2NO. The van der Waals surface area contributed by atoms with Gasteiger partial charge in [0.15, 0.2) is 11.6 Å². The van der Waals surface area contributed by atoms with Crippen molar-refractivity contribution in [3.8, 4) is 5.75 Å². The van der Waals surface area contributed by atoms with Crippen molar-refractivity contribution >= 4 is 0 Å². The van der Waals surface area contributed by atoms with Gasteiger partial charge in [-0.3, -0.25) is 0 Å². The van der Waals surface area contributed by atoms with Crippen molar-refractivity contribution < 1.29 is 13.5 Å². The molecule has 2 aromatic rings. The van der Waals surface area contributed by atoms with Gasteiger partial charge in [0.05, 0.1) is 7.11 Å². The van der Waals surface area contributed by atoms with Gasteiger partial charge in [-0.2, -0.15) is 0 Å². The fraction of sp³-hybridized carbons (Fsp3) is 0.294. The van der Waals surface area contributed by atoms with Crippen LogP contribution in [-0.4, -0.2) is 7.11 Å². The molecule has 21 heavy (non-hydrogen) atoms. The summed E-state index contributed by atoms with van der Waals surface area (Å²) in [5.41, 5.74) is 1.67. The Morgan fingerprint density at radius 2 is 1.62 bits per heavy atom. The van der Waals surface area contributed by atoms with E-state index in [1.807, 2.05) is 26.0 Å². The monoisotopic (exact) mass is 291 g/mol. The second-order valence-electron chi connectivity index (χ2n) is 5.06. The first kappa shape index (κ1) is 15.4. The van der Waals surface area contributed by atoms with Gasteiger partial charge >= 0.3 is 0 Å². The van der Waals surface area contributed by atoms with Gasteiger partial charge in [-0.05, 0) is 49.2 Å². The van der Waals surface area contributed by atoms with E-state index in [0.717, 1.165) is 11.1 Å². The van der Waals surface area contributed by atoms with Crippen LogP contribution >= 0.6 is 0 Å². The molecule has 0 spiro atoms. The van der Waals surface area contributed by atoms with Gasteiger partial charge < -0.3 is 10.1 Å². The van der Waals surface area contributed by atoms with Gasteiger partial charge in [-0.25, -0.2) is 8.78 Å². The third-order valence-corrected chi connectivity index (χ3v) is 3.52. The smallest absolute Gasteiger partial charge is 0.165 e. The Labute approximate surface area is 123 Å². The highest BCUT2D eigenvalue weighted by Gasteiger charge is 2.13. The maximum atomic E-state index is 13.7. The molecule has 2 atom stereocenters. The molecule has 0 aliphatic carbocycles. The predicted octanol–water partition coefficient (Wildman–Crippen LogP) is 4.39. The third kappa shape index (κ3) is 3.79. The van der Waals surface area contributed by atoms with Gasteiger partial charge in [0.1, 0.15) is 5.82 Å². The maximum Gasteiger partial charge on any atom is 0.165 e. The van der Waals surface area contributed by atoms with Crippen LogP contribution in [0.5, 0.6) is 5.75 Å². The van der Waals surface area contributed by atoms with E-state index in [-0.39, 0.29) is 29.5 Å². The van der Waals surface area contributed by atoms with Gasteiger partial charge in [0, 0.05) is 12.1 Å². The van der Waals surface area contributed by atoms with Crippen LogP contribution < -0.4 is 10.1 Å². The van der Waals surface area contributed by atoms with Gasteiger partial charge in [-0.1, -0.05) is 18.2 Å². The summed E-state index contributed by atoms with van der Waals surface area (Å²) in [6.45, 7) is 3.89. The second-order valence-corrected chi connectivity index (χ2v) is 5.06. The van der Waals surface area contributed by atoms with Crippen molar-refractivity contribution in [3.63, 3.8) is 0 Å². The molecule has 0 fully saturated rings. The Hall–Kier alpha value is -1.94. The molecule has 0 radical (unpaired) electrons. The van der Waals surface area contributed by atoms with Gasteiger partial charge in [0.25, 0.3) is 0 Å². The Morgan fingerprint density at radius 1 is 0.952 bits per heavy atom. The highest BCUT2D eigenvalue weighted by Crippen LogP contribution is 2.24. The fourth-order valence-corrected chi connectivity index (χ4v) is 2.30. The first-order valence-electron chi connectivity index (χ1n) is 6.86. The standard InChI is InChI=1S/C17H19F2NO/c1-11(13-5-4-6-15(18)9-13)20-12(2)14-7-8-17(21-3)16(19)10-14/h4-12,20H,1-3H3. The van der Waals surface area contributed by atoms with E-state index in [1.165, 1.54) is 25.3 Å². The Balaban J connectivity index is 2.10. The maximum absolute atomic E-state index is 13.7. The number of ether oxygens (including phenoxy) is 1. The Kier molecular flexibility index (Phi) is 4.91. The minimum absolute atomic E-state index is 0.0409. The number of hydrogen-bond acceptors (Lipinski definition) is 2. The number of hydrogen-bond donors (Lipinski definition) is 1. The number of rotatable bonds is 5. The predicted molar refractivity (Wildman–Crippen MR) is 79.3 cm³/mol. The molecule has 0 bridgehead atoms. The van der Waals surface area contributed by atoms with Crippen LogP contribution in [0.15, 0.2) is 42.5 Å². The minimum atomic E-state index is -0.387. The third-order valence-electron chi connectivity index (χ3n) is 3.52. The van der Waals surface area contributed by atoms with Gasteiger partial charge in [0.2, 0.25) is 0 Å². The lowest BCUT2D eigenvalue weighted by atomic mass is 10.0. The zero-order valence-electron chi connectivity index (χ0n) is 12.4. The van der Waals surface area contributed by atoms with Gasteiger partial charge in [-0.15, -0.1) is 0 Å². The molecule has 112 valence electrons. The molecule has 2 rings (SSSR count). The van der Waals surface area contributed by atoms with Crippen molar-refractivity contribution in [2.75, 3.05) is 7.11 Å². The molecule has 0 heterocycles. The lowest BCUT2D eigenvalue weighted by molar-refractivity contribution is 0.385. The fourth-order valence-electron chi connectivity index (χ4n) is 2.30. The highest BCUT2D eigenvalue weighted by molar-refractivity contribution is 5.31. The second kappa shape index (κ2) is 6.68. The molecule has 0 amide bonds. The van der Waals surface area contributed by atoms with Crippen LogP contribution in [0.2, 0.25) is 0 Å². The topological polar surface area (TPSA) is 21.3 Å². The lowest BCUT2D eigenvalue weighted by Gasteiger charge is -2.21. The minimum Gasteiger partial charge on any atom is -0.494 e. The van der Waals surface area contributed by atoms with E-state index in [1.54, 1.807) is 12.1 Å². The lowest BCUT2D eigenvalue weighted by Crippen LogP contribution is -2.22. The normalized spacial score (nSPS) is 13.8. The van der Waals surface area contributed by atoms with Crippen LogP contribution in [0.4, 0.5) is 8.78 Å². The highest BCUT2D eigenvalue weighted by atomic mass is 19.1. The van der Waals surface area contributed by atoms with Crippen molar-refractivity contribution in [1.29, 1.82) is 0 Å². The zero-order chi connectivity index (χ0) is 15.4. The molecule has 0 aromatic heterocycles. The average molecular weight is 291 g/mol. The van der Waals surface area contributed by atoms with E-state index in [4.69, 9.17) is 4.74 Å². The molecule has 2 nitrogen and oxygen atoms in total. The zero-order valence-corrected chi connectivity index (χ0v) is 12.4. The number of halogens is 2. The van der Waals surface area contributed by atoms with E-state index in [9.17, 15) is 8.78 Å². The molecule has 0 saturated carbocycles. The summed E-state index contributed by atoms with van der Waals surface area (Å²) in [7, 11) is 1.44. The molecule has 4 heteroatoms.